The number of hydrogen-bond acceptors (Lipinski definition) is 6. The molecule has 0 spiro atoms. The SMILES string of the molecule is C=C(C)C(C)CCC(=O)CCC.C=C1C=C(N2CCC(CCN3CCN(c4ccc(C(C)=C5CCC5)c(C(=O)C(C)CC)c4)CC3)CC2)C=CN1/C=C(/c1ccc(F)c(C)c1)C(C)CC. The van der Waals surface area contributed by atoms with Crippen LogP contribution in [0.25, 0.3) is 11.1 Å². The van der Waals surface area contributed by atoms with Crippen LogP contribution in [0.1, 0.15) is 159 Å². The van der Waals surface area contributed by atoms with Crippen molar-refractivity contribution in [3.05, 3.63) is 125 Å². The number of hydrogen-bond donors (Lipinski definition) is 0. The van der Waals surface area contributed by atoms with Crippen LogP contribution in [0.4, 0.5) is 10.1 Å². The summed E-state index contributed by atoms with van der Waals surface area (Å²) in [5, 5.41) is 0. The molecular formula is C58H83FN4O2. The Hall–Kier alpha value is -4.49. The summed E-state index contributed by atoms with van der Waals surface area (Å²) >= 11 is 0. The molecule has 65 heavy (non-hydrogen) atoms. The molecule has 3 fully saturated rings. The molecule has 7 heteroatoms. The lowest BCUT2D eigenvalue weighted by Crippen LogP contribution is -2.47. The lowest BCUT2D eigenvalue weighted by Gasteiger charge is -2.39. The summed E-state index contributed by atoms with van der Waals surface area (Å²) in [7, 11) is 0. The van der Waals surface area contributed by atoms with Crippen LogP contribution < -0.4 is 4.90 Å². The monoisotopic (exact) mass is 887 g/mol. The Morgan fingerprint density at radius 1 is 0.846 bits per heavy atom. The lowest BCUT2D eigenvalue weighted by atomic mass is 9.83. The average molecular weight is 887 g/mol. The lowest BCUT2D eigenvalue weighted by molar-refractivity contribution is -0.119. The van der Waals surface area contributed by atoms with Crippen LogP contribution in [-0.4, -0.2) is 72.1 Å². The number of halogens is 1. The number of rotatable bonds is 19. The predicted octanol–water partition coefficient (Wildman–Crippen LogP) is 14.2. The first-order chi connectivity index (χ1) is 31.1. The largest absolute Gasteiger partial charge is 0.371 e. The molecule has 4 aliphatic rings. The van der Waals surface area contributed by atoms with E-state index in [4.69, 9.17) is 0 Å². The fourth-order valence-corrected chi connectivity index (χ4v) is 9.28. The molecule has 2 aromatic rings. The molecule has 2 aromatic carbocycles. The van der Waals surface area contributed by atoms with E-state index in [2.05, 4.69) is 117 Å². The molecule has 0 radical (unpaired) electrons. The van der Waals surface area contributed by atoms with E-state index in [1.165, 1.54) is 72.2 Å². The van der Waals surface area contributed by atoms with Gasteiger partial charge in [0.25, 0.3) is 0 Å². The first-order valence-electron chi connectivity index (χ1n) is 25.3. The highest BCUT2D eigenvalue weighted by molar-refractivity contribution is 6.03. The summed E-state index contributed by atoms with van der Waals surface area (Å²) in [6, 6.07) is 12.1. The summed E-state index contributed by atoms with van der Waals surface area (Å²) in [5.41, 5.74) is 12.5. The number of nitrogens with zero attached hydrogens (tertiary/aromatic N) is 4. The fourth-order valence-electron chi connectivity index (χ4n) is 9.28. The topological polar surface area (TPSA) is 47.1 Å². The van der Waals surface area contributed by atoms with Crippen molar-refractivity contribution in [2.45, 2.75) is 139 Å². The molecular weight excluding hydrogens is 804 g/mol. The predicted molar refractivity (Wildman–Crippen MR) is 274 cm³/mol. The van der Waals surface area contributed by atoms with Crippen LogP contribution in [0.2, 0.25) is 0 Å². The van der Waals surface area contributed by atoms with Gasteiger partial charge in [0, 0.05) is 93.1 Å². The second-order valence-corrected chi connectivity index (χ2v) is 19.7. The first kappa shape index (κ1) is 51.5. The summed E-state index contributed by atoms with van der Waals surface area (Å²) < 4.78 is 14.0. The summed E-state index contributed by atoms with van der Waals surface area (Å²) in [5.74, 6) is 2.16. The van der Waals surface area contributed by atoms with Crippen LogP contribution >= 0.6 is 0 Å². The van der Waals surface area contributed by atoms with Gasteiger partial charge in [-0.15, -0.1) is 0 Å². The third kappa shape index (κ3) is 14.3. The van der Waals surface area contributed by atoms with E-state index in [9.17, 15) is 14.0 Å². The third-order valence-corrected chi connectivity index (χ3v) is 15.0. The number of aryl methyl sites for hydroxylation is 1. The van der Waals surface area contributed by atoms with E-state index in [-0.39, 0.29) is 17.5 Å². The van der Waals surface area contributed by atoms with Crippen molar-refractivity contribution in [3.63, 3.8) is 0 Å². The van der Waals surface area contributed by atoms with E-state index in [1.54, 1.807) is 6.07 Å². The minimum atomic E-state index is -0.162. The minimum absolute atomic E-state index is 0.0439. The van der Waals surface area contributed by atoms with Gasteiger partial charge in [0.15, 0.2) is 5.78 Å². The van der Waals surface area contributed by atoms with E-state index in [1.807, 2.05) is 32.9 Å². The first-order valence-corrected chi connectivity index (χ1v) is 25.3. The molecule has 3 atom stereocenters. The van der Waals surface area contributed by atoms with E-state index >= 15 is 0 Å². The molecule has 354 valence electrons. The third-order valence-electron chi connectivity index (χ3n) is 15.0. The number of carbonyl (C=O) groups is 2. The molecule has 0 bridgehead atoms. The fraction of sp³-hybridized carbons (Fsp3) is 0.552. The number of carbonyl (C=O) groups excluding carboxylic acids is 2. The van der Waals surface area contributed by atoms with Gasteiger partial charge in [-0.25, -0.2) is 4.39 Å². The molecule has 6 rings (SSSR count). The normalized spacial score (nSPS) is 18.6. The van der Waals surface area contributed by atoms with Gasteiger partial charge in [0.05, 0.1) is 0 Å². The number of anilines is 1. The number of allylic oxidation sites excluding steroid dienone is 6. The zero-order valence-electron chi connectivity index (χ0n) is 41.9. The van der Waals surface area contributed by atoms with Gasteiger partial charge < -0.3 is 14.7 Å². The van der Waals surface area contributed by atoms with Crippen molar-refractivity contribution in [1.29, 1.82) is 0 Å². The molecule has 0 amide bonds. The summed E-state index contributed by atoms with van der Waals surface area (Å²) in [6.45, 7) is 34.6. The highest BCUT2D eigenvalue weighted by atomic mass is 19.1. The maximum absolute atomic E-state index is 14.0. The molecule has 0 aromatic heterocycles. The van der Waals surface area contributed by atoms with Crippen LogP contribution in [0.5, 0.6) is 0 Å². The Labute approximate surface area is 394 Å². The molecule has 3 heterocycles. The van der Waals surface area contributed by atoms with Crippen LogP contribution in [0.3, 0.4) is 0 Å². The van der Waals surface area contributed by atoms with Gasteiger partial charge >= 0.3 is 0 Å². The van der Waals surface area contributed by atoms with Crippen LogP contribution in [-0.2, 0) is 4.79 Å². The summed E-state index contributed by atoms with van der Waals surface area (Å²) in [4.78, 5) is 34.5. The minimum Gasteiger partial charge on any atom is -0.371 e. The Bertz CT molecular complexity index is 2090. The quantitative estimate of drug-likeness (QED) is 0.103. The molecule has 6 nitrogen and oxygen atoms in total. The molecule has 2 saturated heterocycles. The Kier molecular flexibility index (Phi) is 19.7. The smallest absolute Gasteiger partial charge is 0.166 e. The van der Waals surface area contributed by atoms with Gasteiger partial charge in [-0.1, -0.05) is 78.0 Å². The van der Waals surface area contributed by atoms with E-state index in [0.29, 0.717) is 23.2 Å². The van der Waals surface area contributed by atoms with Gasteiger partial charge in [0.2, 0.25) is 0 Å². The van der Waals surface area contributed by atoms with E-state index < -0.39 is 0 Å². The van der Waals surface area contributed by atoms with Gasteiger partial charge in [-0.05, 0) is 174 Å². The molecule has 0 N–H and O–H groups in total. The van der Waals surface area contributed by atoms with Crippen molar-refractivity contribution in [2.24, 2.45) is 23.7 Å². The second-order valence-electron chi connectivity index (χ2n) is 19.7. The van der Waals surface area contributed by atoms with Crippen LogP contribution in [0.15, 0.2) is 96.6 Å². The molecule has 1 saturated carbocycles. The number of benzene rings is 2. The standard InChI is InChI=1S/C47H63FN4O.C11H20O/c1-8-33(3)45(40-13-16-46(48)35(5)29-40)32-52-24-20-42(30-36(52)6)50-22-18-38(19-23-50)17-21-49-25-27-51(28-26-49)41-14-15-43(37(7)39-11-10-12-39)44(31-41)47(53)34(4)9-2;1-5-6-11(12)8-7-10(4)9(2)3/h13-16,20,24,29-34,38H,6,8-12,17-19,21-23,25-28H2,1-5,7H3;10H,2,5-8H2,1,3-4H3/b45-32+;. The highest BCUT2D eigenvalue weighted by Gasteiger charge is 2.26. The number of piperidine rings is 1. The van der Waals surface area contributed by atoms with Gasteiger partial charge in [0.1, 0.15) is 11.6 Å². The number of Topliss-reactive ketones (excluding diaryl/α,β-unsaturated/α-hetero) is 2. The maximum Gasteiger partial charge on any atom is 0.166 e. The number of likely N-dealkylation sites (tertiary alicyclic amines) is 1. The van der Waals surface area contributed by atoms with Crippen LogP contribution in [0, 0.1) is 36.4 Å². The van der Waals surface area contributed by atoms with E-state index in [0.717, 1.165) is 113 Å². The zero-order valence-corrected chi connectivity index (χ0v) is 41.9. The Balaban J connectivity index is 0.000000580. The van der Waals surface area contributed by atoms with Crippen molar-refractivity contribution < 1.29 is 14.0 Å². The molecule has 3 unspecified atom stereocenters. The Morgan fingerprint density at radius 2 is 1.54 bits per heavy atom. The zero-order chi connectivity index (χ0) is 47.2. The number of piperazine rings is 1. The number of ketones is 2. The van der Waals surface area contributed by atoms with Crippen molar-refractivity contribution in [3.8, 4) is 0 Å². The molecule has 3 aliphatic heterocycles. The van der Waals surface area contributed by atoms with Gasteiger partial charge in [-0.3, -0.25) is 14.5 Å². The van der Waals surface area contributed by atoms with Crippen molar-refractivity contribution in [1.82, 2.24) is 14.7 Å². The average Bonchev–Trinajstić information content (AvgIpc) is 3.29. The second kappa shape index (κ2) is 24.9. The molecule has 1 aliphatic carbocycles. The summed E-state index contributed by atoms with van der Waals surface area (Å²) in [6.07, 6.45) is 21.3. The Morgan fingerprint density at radius 3 is 2.12 bits per heavy atom. The van der Waals surface area contributed by atoms with Crippen molar-refractivity contribution >= 4 is 28.4 Å². The maximum atomic E-state index is 14.0. The highest BCUT2D eigenvalue weighted by Crippen LogP contribution is 2.37. The van der Waals surface area contributed by atoms with Crippen molar-refractivity contribution in [2.75, 3.05) is 50.7 Å². The van der Waals surface area contributed by atoms with Gasteiger partial charge in [-0.2, -0.15) is 0 Å².